The van der Waals surface area contributed by atoms with Gasteiger partial charge in [-0.2, -0.15) is 0 Å². The lowest BCUT2D eigenvalue weighted by atomic mass is 9.53. The summed E-state index contributed by atoms with van der Waals surface area (Å²) in [5, 5.41) is 5.29. The zero-order valence-corrected chi connectivity index (χ0v) is 15.6. The third-order valence-corrected chi connectivity index (χ3v) is 7.20. The Morgan fingerprint density at radius 3 is 2.44 bits per heavy atom. The van der Waals surface area contributed by atoms with E-state index in [4.69, 9.17) is 4.74 Å². The van der Waals surface area contributed by atoms with Crippen molar-refractivity contribution in [3.8, 4) is 0 Å². The van der Waals surface area contributed by atoms with Gasteiger partial charge >= 0.3 is 5.97 Å². The van der Waals surface area contributed by atoms with Crippen LogP contribution in [0.15, 0.2) is 17.5 Å². The highest BCUT2D eigenvalue weighted by Gasteiger charge is 2.51. The first-order valence-corrected chi connectivity index (χ1v) is 10.4. The molecule has 1 N–H and O–H groups in total. The summed E-state index contributed by atoms with van der Waals surface area (Å²) in [6.07, 6.45) is 7.70. The molecule has 4 bridgehead atoms. The lowest BCUT2D eigenvalue weighted by Gasteiger charge is -2.57. The summed E-state index contributed by atoms with van der Waals surface area (Å²) in [5.74, 6) is 1.95. The van der Waals surface area contributed by atoms with E-state index in [0.717, 1.165) is 37.0 Å². The van der Waals surface area contributed by atoms with Gasteiger partial charge in [0, 0.05) is 10.4 Å². The fourth-order valence-corrected chi connectivity index (χ4v) is 6.33. The van der Waals surface area contributed by atoms with Crippen molar-refractivity contribution in [1.82, 2.24) is 5.32 Å². The van der Waals surface area contributed by atoms with Gasteiger partial charge in [-0.1, -0.05) is 6.07 Å². The number of carbonyl (C=O) groups excluding carboxylic acids is 2. The number of amides is 1. The van der Waals surface area contributed by atoms with Crippen LogP contribution in [0.5, 0.6) is 0 Å². The minimum Gasteiger partial charge on any atom is -0.453 e. The average molecular weight is 362 g/mol. The Labute approximate surface area is 153 Å². The molecule has 1 aromatic heterocycles. The van der Waals surface area contributed by atoms with Crippen LogP contribution in [0.25, 0.3) is 0 Å². The second-order valence-electron chi connectivity index (χ2n) is 8.40. The number of carbonyl (C=O) groups is 2. The van der Waals surface area contributed by atoms with E-state index in [1.807, 2.05) is 17.5 Å². The van der Waals surface area contributed by atoms with E-state index in [9.17, 15) is 9.59 Å². The molecule has 136 valence electrons. The number of nitrogens with one attached hydrogen (secondary N) is 1. The predicted octanol–water partition coefficient (Wildman–Crippen LogP) is 3.70. The molecule has 4 saturated carbocycles. The first-order chi connectivity index (χ1) is 12.0. The summed E-state index contributed by atoms with van der Waals surface area (Å²) in [6.45, 7) is 1.69. The highest BCUT2D eigenvalue weighted by Crippen LogP contribution is 2.55. The minimum atomic E-state index is -0.705. The third-order valence-electron chi connectivity index (χ3n) is 6.26. The number of hydrogen-bond acceptors (Lipinski definition) is 4. The molecule has 0 spiro atoms. The Morgan fingerprint density at radius 2 is 1.88 bits per heavy atom. The van der Waals surface area contributed by atoms with E-state index in [-0.39, 0.29) is 17.4 Å². The van der Waals surface area contributed by atoms with Gasteiger partial charge in [0.25, 0.3) is 5.91 Å². The van der Waals surface area contributed by atoms with Crippen LogP contribution in [0.4, 0.5) is 0 Å². The summed E-state index contributed by atoms with van der Waals surface area (Å²) in [5.41, 5.74) is -0.0243. The molecule has 4 aliphatic carbocycles. The second-order valence-corrected chi connectivity index (χ2v) is 9.43. The molecular weight excluding hydrogens is 334 g/mol. The summed E-state index contributed by atoms with van der Waals surface area (Å²) in [6, 6.07) is 3.99. The lowest BCUT2D eigenvalue weighted by Crippen LogP contribution is -2.61. The molecular formula is C20H27NO3S. The number of ether oxygens (including phenoxy) is 1. The SMILES string of the molecule is C[C@@H](OC(=O)CCc1cccs1)C(=O)NC12CC3CC(CC(C3)C1)C2. The quantitative estimate of drug-likeness (QED) is 0.786. The summed E-state index contributed by atoms with van der Waals surface area (Å²) in [7, 11) is 0. The summed E-state index contributed by atoms with van der Waals surface area (Å²) >= 11 is 1.64. The Hall–Kier alpha value is -1.36. The van der Waals surface area contributed by atoms with Gasteiger partial charge in [-0.15, -0.1) is 11.3 Å². The van der Waals surface area contributed by atoms with Crippen LogP contribution in [-0.4, -0.2) is 23.5 Å². The van der Waals surface area contributed by atoms with Crippen LogP contribution >= 0.6 is 11.3 Å². The van der Waals surface area contributed by atoms with Gasteiger partial charge in [-0.3, -0.25) is 9.59 Å². The number of thiophene rings is 1. The van der Waals surface area contributed by atoms with Crippen LogP contribution < -0.4 is 5.32 Å². The first kappa shape index (κ1) is 17.1. The van der Waals surface area contributed by atoms with Gasteiger partial charge in [0.1, 0.15) is 0 Å². The van der Waals surface area contributed by atoms with Gasteiger partial charge < -0.3 is 10.1 Å². The van der Waals surface area contributed by atoms with Gasteiger partial charge in [0.2, 0.25) is 0 Å². The van der Waals surface area contributed by atoms with E-state index in [1.54, 1.807) is 18.3 Å². The van der Waals surface area contributed by atoms with Crippen molar-refractivity contribution in [1.29, 1.82) is 0 Å². The predicted molar refractivity (Wildman–Crippen MR) is 97.2 cm³/mol. The summed E-state index contributed by atoms with van der Waals surface area (Å²) in [4.78, 5) is 25.8. The summed E-state index contributed by atoms with van der Waals surface area (Å²) < 4.78 is 5.38. The lowest BCUT2D eigenvalue weighted by molar-refractivity contribution is -0.156. The van der Waals surface area contributed by atoms with Crippen molar-refractivity contribution in [3.05, 3.63) is 22.4 Å². The molecule has 1 atom stereocenters. The van der Waals surface area contributed by atoms with E-state index < -0.39 is 6.10 Å². The maximum atomic E-state index is 12.6. The topological polar surface area (TPSA) is 55.4 Å². The van der Waals surface area contributed by atoms with Crippen molar-refractivity contribution < 1.29 is 14.3 Å². The van der Waals surface area contributed by atoms with Crippen molar-refractivity contribution in [2.45, 2.75) is 69.9 Å². The van der Waals surface area contributed by atoms with Crippen LogP contribution in [0.2, 0.25) is 0 Å². The van der Waals surface area contributed by atoms with E-state index >= 15 is 0 Å². The van der Waals surface area contributed by atoms with E-state index in [1.165, 1.54) is 24.1 Å². The molecule has 5 rings (SSSR count). The maximum Gasteiger partial charge on any atom is 0.306 e. The smallest absolute Gasteiger partial charge is 0.306 e. The molecule has 0 radical (unpaired) electrons. The van der Waals surface area contributed by atoms with Gasteiger partial charge in [-0.25, -0.2) is 0 Å². The number of esters is 1. The largest absolute Gasteiger partial charge is 0.453 e. The molecule has 1 aromatic rings. The minimum absolute atomic E-state index is 0.0243. The number of rotatable bonds is 6. The van der Waals surface area contributed by atoms with Gasteiger partial charge in [0.15, 0.2) is 6.10 Å². The molecule has 0 aliphatic heterocycles. The van der Waals surface area contributed by atoms with Crippen LogP contribution in [0, 0.1) is 17.8 Å². The van der Waals surface area contributed by atoms with Crippen molar-refractivity contribution in [2.75, 3.05) is 0 Å². The molecule has 5 heteroatoms. The Balaban J connectivity index is 1.28. The second kappa shape index (κ2) is 6.75. The van der Waals surface area contributed by atoms with Crippen molar-refractivity contribution >= 4 is 23.2 Å². The Kier molecular flexibility index (Phi) is 4.61. The molecule has 1 heterocycles. The number of aryl methyl sites for hydroxylation is 1. The van der Waals surface area contributed by atoms with E-state index in [2.05, 4.69) is 5.32 Å². The molecule has 4 fully saturated rings. The fourth-order valence-electron chi connectivity index (χ4n) is 5.62. The zero-order chi connectivity index (χ0) is 17.4. The molecule has 4 nitrogen and oxygen atoms in total. The van der Waals surface area contributed by atoms with Crippen LogP contribution in [0.3, 0.4) is 0 Å². The molecule has 1 amide bonds. The maximum absolute atomic E-state index is 12.6. The monoisotopic (exact) mass is 361 g/mol. The fraction of sp³-hybridized carbons (Fsp3) is 0.700. The molecule has 0 aromatic carbocycles. The van der Waals surface area contributed by atoms with Crippen LogP contribution in [-0.2, 0) is 20.7 Å². The Bertz CT molecular complexity index is 604. The van der Waals surface area contributed by atoms with Crippen molar-refractivity contribution in [3.63, 3.8) is 0 Å². The normalized spacial score (nSPS) is 33.9. The van der Waals surface area contributed by atoms with Crippen molar-refractivity contribution in [2.24, 2.45) is 17.8 Å². The Morgan fingerprint density at radius 1 is 1.24 bits per heavy atom. The molecule has 25 heavy (non-hydrogen) atoms. The number of hydrogen-bond donors (Lipinski definition) is 1. The van der Waals surface area contributed by atoms with Gasteiger partial charge in [-0.05, 0) is 81.1 Å². The zero-order valence-electron chi connectivity index (χ0n) is 14.8. The van der Waals surface area contributed by atoms with Crippen LogP contribution in [0.1, 0.15) is 56.7 Å². The van der Waals surface area contributed by atoms with Gasteiger partial charge in [0.05, 0.1) is 6.42 Å². The average Bonchev–Trinajstić information content (AvgIpc) is 3.04. The highest BCUT2D eigenvalue weighted by atomic mass is 32.1. The first-order valence-electron chi connectivity index (χ1n) is 9.55. The molecule has 0 saturated heterocycles. The third kappa shape index (κ3) is 3.76. The standard InChI is InChI=1S/C20H27NO3S/c1-13(24-18(22)5-4-17-3-2-6-25-17)19(23)21-20-10-14-7-15(11-20)9-16(8-14)12-20/h2-3,6,13-16H,4-5,7-12H2,1H3,(H,21,23)/t13-,14?,15?,16?,20?/m1/s1. The molecule has 0 unspecified atom stereocenters. The molecule has 4 aliphatic rings. The highest BCUT2D eigenvalue weighted by molar-refractivity contribution is 7.09. The van der Waals surface area contributed by atoms with E-state index in [0.29, 0.717) is 12.8 Å².